The van der Waals surface area contributed by atoms with Crippen LogP contribution < -0.4 is 5.73 Å². The maximum Gasteiger partial charge on any atom is 0.397 e. The lowest BCUT2D eigenvalue weighted by Gasteiger charge is -2.04. The summed E-state index contributed by atoms with van der Waals surface area (Å²) in [6, 6.07) is 6.78. The van der Waals surface area contributed by atoms with Crippen LogP contribution in [0.4, 0.5) is 5.69 Å². The fourth-order valence-electron chi connectivity index (χ4n) is 1.33. The first-order valence-corrected chi connectivity index (χ1v) is 8.53. The van der Waals surface area contributed by atoms with Crippen LogP contribution in [0.3, 0.4) is 0 Å². The average Bonchev–Trinajstić information content (AvgIpc) is 2.26. The Labute approximate surface area is 112 Å². The van der Waals surface area contributed by atoms with E-state index in [9.17, 15) is 16.8 Å². The third-order valence-electron chi connectivity index (χ3n) is 2.31. The van der Waals surface area contributed by atoms with Crippen LogP contribution in [0, 0.1) is 0 Å². The van der Waals surface area contributed by atoms with Crippen LogP contribution in [0.25, 0.3) is 0 Å². The van der Waals surface area contributed by atoms with Gasteiger partial charge in [-0.15, -0.1) is 0 Å². The van der Waals surface area contributed by atoms with Gasteiger partial charge in [-0.25, -0.2) is 12.6 Å². The summed E-state index contributed by atoms with van der Waals surface area (Å²) >= 11 is 0. The van der Waals surface area contributed by atoms with Gasteiger partial charge >= 0.3 is 10.4 Å². The number of sulfone groups is 1. The Morgan fingerprint density at radius 3 is 2.16 bits per heavy atom. The molecule has 0 aliphatic carbocycles. The maximum atomic E-state index is 11.6. The number of nitrogens with two attached hydrogens (primary N) is 1. The first-order valence-electron chi connectivity index (χ1n) is 5.35. The number of anilines is 1. The second kappa shape index (κ2) is 6.33. The highest BCUT2D eigenvalue weighted by molar-refractivity contribution is 7.91. The summed E-state index contributed by atoms with van der Waals surface area (Å²) < 4.78 is 55.9. The van der Waals surface area contributed by atoms with Crippen molar-refractivity contribution in [2.45, 2.75) is 6.42 Å². The molecule has 19 heavy (non-hydrogen) atoms. The Bertz CT molecular complexity index is 606. The highest BCUT2D eigenvalue weighted by Gasteiger charge is 2.13. The zero-order chi connectivity index (χ0) is 14.5. The molecule has 0 radical (unpaired) electrons. The topological polar surface area (TPSA) is 124 Å². The van der Waals surface area contributed by atoms with Crippen LogP contribution in [0.5, 0.6) is 0 Å². The quantitative estimate of drug-likeness (QED) is 0.538. The Hall–Kier alpha value is -1.16. The number of hydrogen-bond donors (Lipinski definition) is 2. The molecule has 108 valence electrons. The Morgan fingerprint density at radius 1 is 1.05 bits per heavy atom. The van der Waals surface area contributed by atoms with Gasteiger partial charge in [0.2, 0.25) is 0 Å². The highest BCUT2D eigenvalue weighted by atomic mass is 32.3. The van der Waals surface area contributed by atoms with Gasteiger partial charge in [-0.3, -0.25) is 4.55 Å². The van der Waals surface area contributed by atoms with Crippen molar-refractivity contribution in [1.82, 2.24) is 0 Å². The average molecular weight is 309 g/mol. The van der Waals surface area contributed by atoms with E-state index in [1.807, 2.05) is 0 Å². The zero-order valence-corrected chi connectivity index (χ0v) is 11.7. The minimum atomic E-state index is -4.60. The van der Waals surface area contributed by atoms with E-state index in [4.69, 9.17) is 10.3 Å². The lowest BCUT2D eigenvalue weighted by Crippen LogP contribution is -2.18. The summed E-state index contributed by atoms with van der Waals surface area (Å²) in [5.41, 5.74) is 6.90. The SMILES string of the molecule is Nc1ccc(CCS(=O)(=O)CCOS(=O)(=O)O)cc1. The number of nitrogen functional groups attached to an aromatic ring is 1. The lowest BCUT2D eigenvalue weighted by molar-refractivity contribution is 0.284. The summed E-state index contributed by atoms with van der Waals surface area (Å²) in [6.45, 7) is -0.594. The van der Waals surface area contributed by atoms with E-state index in [0.717, 1.165) is 5.56 Å². The van der Waals surface area contributed by atoms with E-state index in [0.29, 0.717) is 12.1 Å². The lowest BCUT2D eigenvalue weighted by atomic mass is 10.2. The van der Waals surface area contributed by atoms with Gasteiger partial charge in [0.1, 0.15) is 0 Å². The molecule has 0 atom stereocenters. The predicted octanol–water partition coefficient (Wildman–Crippen LogP) is 0.0455. The van der Waals surface area contributed by atoms with Crippen LogP contribution in [0.1, 0.15) is 5.56 Å². The molecule has 0 saturated heterocycles. The van der Waals surface area contributed by atoms with E-state index < -0.39 is 32.6 Å². The van der Waals surface area contributed by atoms with E-state index >= 15 is 0 Å². The van der Waals surface area contributed by atoms with Crippen molar-refractivity contribution in [1.29, 1.82) is 0 Å². The molecule has 0 fully saturated rings. The van der Waals surface area contributed by atoms with Crippen LogP contribution in [-0.2, 0) is 30.8 Å². The molecule has 0 unspecified atom stereocenters. The Kier molecular flexibility index (Phi) is 5.29. The molecule has 1 aromatic rings. The molecule has 0 aliphatic rings. The Morgan fingerprint density at radius 2 is 1.63 bits per heavy atom. The van der Waals surface area contributed by atoms with Crippen molar-refractivity contribution >= 4 is 25.9 Å². The van der Waals surface area contributed by atoms with E-state index in [1.165, 1.54) is 0 Å². The maximum absolute atomic E-state index is 11.6. The molecule has 7 nitrogen and oxygen atoms in total. The van der Waals surface area contributed by atoms with Gasteiger partial charge in [-0.05, 0) is 24.1 Å². The fraction of sp³-hybridized carbons (Fsp3) is 0.400. The molecular formula is C10H15NO6S2. The number of benzene rings is 1. The third-order valence-corrected chi connectivity index (χ3v) is 4.39. The van der Waals surface area contributed by atoms with Gasteiger partial charge in [0, 0.05) is 5.69 Å². The van der Waals surface area contributed by atoms with E-state index in [2.05, 4.69) is 4.18 Å². The molecule has 0 aromatic heterocycles. The summed E-state index contributed by atoms with van der Waals surface area (Å²) in [4.78, 5) is 0. The standard InChI is InChI=1S/C10H15NO6S2/c11-10-3-1-9(2-4-10)5-7-18(12,13)8-6-17-19(14,15)16/h1-4H,5-8,11H2,(H,14,15,16). The van der Waals surface area contributed by atoms with Gasteiger partial charge < -0.3 is 5.73 Å². The van der Waals surface area contributed by atoms with Crippen molar-refractivity contribution in [3.63, 3.8) is 0 Å². The molecule has 1 aromatic carbocycles. The number of hydrogen-bond acceptors (Lipinski definition) is 6. The van der Waals surface area contributed by atoms with Gasteiger partial charge in [0.15, 0.2) is 9.84 Å². The second-order valence-corrected chi connectivity index (χ2v) is 7.29. The Balaban J connectivity index is 2.45. The van der Waals surface area contributed by atoms with Crippen LogP contribution in [0.15, 0.2) is 24.3 Å². The summed E-state index contributed by atoms with van der Waals surface area (Å²) in [6.07, 6.45) is 0.300. The van der Waals surface area contributed by atoms with Crippen molar-refractivity contribution in [3.05, 3.63) is 29.8 Å². The van der Waals surface area contributed by atoms with Crippen molar-refractivity contribution in [3.8, 4) is 0 Å². The van der Waals surface area contributed by atoms with Crippen molar-refractivity contribution in [2.75, 3.05) is 23.8 Å². The normalized spacial score (nSPS) is 12.5. The molecule has 9 heteroatoms. The van der Waals surface area contributed by atoms with Crippen molar-refractivity contribution < 1.29 is 25.6 Å². The van der Waals surface area contributed by atoms with Crippen LogP contribution in [-0.4, -0.2) is 39.5 Å². The fourth-order valence-corrected chi connectivity index (χ4v) is 2.81. The van der Waals surface area contributed by atoms with Gasteiger partial charge in [0.25, 0.3) is 0 Å². The van der Waals surface area contributed by atoms with Crippen molar-refractivity contribution in [2.24, 2.45) is 0 Å². The smallest absolute Gasteiger partial charge is 0.397 e. The van der Waals surface area contributed by atoms with Gasteiger partial charge in [-0.2, -0.15) is 8.42 Å². The summed E-state index contributed by atoms with van der Waals surface area (Å²) in [5.74, 6) is -0.604. The number of rotatable bonds is 7. The molecule has 0 amide bonds. The molecular weight excluding hydrogens is 294 g/mol. The molecule has 0 saturated carbocycles. The summed E-state index contributed by atoms with van der Waals surface area (Å²) in [7, 11) is -8.04. The van der Waals surface area contributed by atoms with Crippen LogP contribution >= 0.6 is 0 Å². The predicted molar refractivity (Wildman–Crippen MR) is 70.7 cm³/mol. The second-order valence-electron chi connectivity index (χ2n) is 3.89. The van der Waals surface area contributed by atoms with Crippen LogP contribution in [0.2, 0.25) is 0 Å². The molecule has 1 rings (SSSR count). The highest BCUT2D eigenvalue weighted by Crippen LogP contribution is 2.07. The molecule has 3 N–H and O–H groups in total. The first-order chi connectivity index (χ1) is 8.68. The summed E-state index contributed by atoms with van der Waals surface area (Å²) in [5, 5.41) is 0. The monoisotopic (exact) mass is 309 g/mol. The molecule has 0 bridgehead atoms. The largest absolute Gasteiger partial charge is 0.399 e. The third kappa shape index (κ3) is 7.11. The van der Waals surface area contributed by atoms with Gasteiger partial charge in [0.05, 0.1) is 18.1 Å². The van der Waals surface area contributed by atoms with E-state index in [-0.39, 0.29) is 5.75 Å². The minimum Gasteiger partial charge on any atom is -0.399 e. The molecule has 0 heterocycles. The number of aryl methyl sites for hydroxylation is 1. The molecule has 0 spiro atoms. The molecule has 0 aliphatic heterocycles. The van der Waals surface area contributed by atoms with E-state index in [1.54, 1.807) is 24.3 Å². The van der Waals surface area contributed by atoms with Gasteiger partial charge in [-0.1, -0.05) is 12.1 Å². The first kappa shape index (κ1) is 15.9. The minimum absolute atomic E-state index is 0.133. The zero-order valence-electron chi connectivity index (χ0n) is 10.0.